The number of aromatic nitrogens is 1. The fraction of sp³-hybridized carbons (Fsp3) is 0.316. The van der Waals surface area contributed by atoms with Crippen LogP contribution in [0.1, 0.15) is 0 Å². The molecule has 0 aliphatic carbocycles. The second-order valence-corrected chi connectivity index (χ2v) is 7.30. The standard InChI is InChI=1S/C19H21BrN4O4/c1-24(11-19(26)23-17-7-6-13(20)8-21-17)10-18(25)22-9-14-12-27-15-4-2-3-5-16(15)28-14/h2-8,14H,9-12H2,1H3,(H,22,25)(H,21,23,26). The van der Waals surface area contributed by atoms with E-state index in [0.29, 0.717) is 30.5 Å². The molecule has 0 saturated heterocycles. The summed E-state index contributed by atoms with van der Waals surface area (Å²) in [5, 5.41) is 5.49. The minimum absolute atomic E-state index is 0.0710. The Balaban J connectivity index is 1.37. The lowest BCUT2D eigenvalue weighted by Gasteiger charge is -2.26. The molecule has 2 heterocycles. The molecule has 1 aliphatic heterocycles. The summed E-state index contributed by atoms with van der Waals surface area (Å²) in [6, 6.07) is 10.9. The van der Waals surface area contributed by atoms with Gasteiger partial charge in [-0.25, -0.2) is 4.98 Å². The summed E-state index contributed by atoms with van der Waals surface area (Å²) in [6.07, 6.45) is 1.35. The van der Waals surface area contributed by atoms with Crippen molar-refractivity contribution in [1.82, 2.24) is 15.2 Å². The van der Waals surface area contributed by atoms with E-state index in [9.17, 15) is 9.59 Å². The summed E-state index contributed by atoms with van der Waals surface area (Å²) in [6.45, 7) is 0.860. The molecule has 28 heavy (non-hydrogen) atoms. The number of rotatable bonds is 7. The Morgan fingerprint density at radius 1 is 1.18 bits per heavy atom. The van der Waals surface area contributed by atoms with Crippen molar-refractivity contribution >= 4 is 33.6 Å². The Kier molecular flexibility index (Phi) is 6.83. The first-order chi connectivity index (χ1) is 13.5. The van der Waals surface area contributed by atoms with Gasteiger partial charge in [-0.2, -0.15) is 0 Å². The second-order valence-electron chi connectivity index (χ2n) is 6.38. The predicted octanol–water partition coefficient (Wildman–Crippen LogP) is 1.67. The Morgan fingerprint density at radius 2 is 1.93 bits per heavy atom. The van der Waals surface area contributed by atoms with Gasteiger partial charge in [0, 0.05) is 10.7 Å². The average Bonchev–Trinajstić information content (AvgIpc) is 2.68. The molecule has 8 nitrogen and oxygen atoms in total. The third-order valence-electron chi connectivity index (χ3n) is 3.92. The van der Waals surface area contributed by atoms with Gasteiger partial charge in [-0.15, -0.1) is 0 Å². The zero-order chi connectivity index (χ0) is 19.9. The highest BCUT2D eigenvalue weighted by Gasteiger charge is 2.21. The summed E-state index contributed by atoms with van der Waals surface area (Å²) < 4.78 is 12.2. The van der Waals surface area contributed by atoms with Crippen molar-refractivity contribution in [2.75, 3.05) is 38.6 Å². The molecule has 0 saturated carbocycles. The summed E-state index contributed by atoms with van der Waals surface area (Å²) in [7, 11) is 1.70. The van der Waals surface area contributed by atoms with Crippen molar-refractivity contribution in [3.8, 4) is 11.5 Å². The molecule has 1 unspecified atom stereocenters. The second kappa shape index (κ2) is 9.52. The van der Waals surface area contributed by atoms with Crippen molar-refractivity contribution in [1.29, 1.82) is 0 Å². The summed E-state index contributed by atoms with van der Waals surface area (Å²) in [5.74, 6) is 1.39. The maximum Gasteiger partial charge on any atom is 0.239 e. The van der Waals surface area contributed by atoms with Gasteiger partial charge in [0.1, 0.15) is 18.5 Å². The van der Waals surface area contributed by atoms with Gasteiger partial charge >= 0.3 is 0 Å². The number of nitrogens with zero attached hydrogens (tertiary/aromatic N) is 2. The van der Waals surface area contributed by atoms with Gasteiger partial charge in [0.15, 0.2) is 11.5 Å². The van der Waals surface area contributed by atoms with Gasteiger partial charge in [-0.3, -0.25) is 14.5 Å². The van der Waals surface area contributed by atoms with E-state index < -0.39 is 0 Å². The molecule has 1 aliphatic rings. The molecular weight excluding hydrogens is 428 g/mol. The number of hydrogen-bond donors (Lipinski definition) is 2. The van der Waals surface area contributed by atoms with Gasteiger partial charge in [-0.05, 0) is 47.2 Å². The van der Waals surface area contributed by atoms with Gasteiger partial charge in [0.05, 0.1) is 19.6 Å². The Morgan fingerprint density at radius 3 is 2.68 bits per heavy atom. The van der Waals surface area contributed by atoms with Crippen LogP contribution < -0.4 is 20.1 Å². The lowest BCUT2D eigenvalue weighted by molar-refractivity contribution is -0.123. The molecule has 3 rings (SSSR count). The third-order valence-corrected chi connectivity index (χ3v) is 4.39. The van der Waals surface area contributed by atoms with E-state index in [2.05, 4.69) is 31.5 Å². The number of pyridine rings is 1. The minimum Gasteiger partial charge on any atom is -0.486 e. The molecule has 9 heteroatoms. The van der Waals surface area contributed by atoms with E-state index in [4.69, 9.17) is 9.47 Å². The molecule has 0 spiro atoms. The summed E-state index contributed by atoms with van der Waals surface area (Å²) >= 11 is 3.29. The number of nitrogens with one attached hydrogen (secondary N) is 2. The van der Waals surface area contributed by atoms with E-state index in [1.165, 1.54) is 0 Å². The molecule has 0 fully saturated rings. The van der Waals surface area contributed by atoms with Gasteiger partial charge in [-0.1, -0.05) is 12.1 Å². The maximum atomic E-state index is 12.1. The summed E-state index contributed by atoms with van der Waals surface area (Å²) in [5.41, 5.74) is 0. The maximum absolute atomic E-state index is 12.1. The molecule has 2 aromatic rings. The Labute approximate surface area is 171 Å². The number of amides is 2. The molecule has 0 radical (unpaired) electrons. The minimum atomic E-state index is -0.254. The van der Waals surface area contributed by atoms with E-state index in [1.807, 2.05) is 24.3 Å². The van der Waals surface area contributed by atoms with E-state index >= 15 is 0 Å². The molecule has 1 aromatic carbocycles. The highest BCUT2D eigenvalue weighted by atomic mass is 79.9. The smallest absolute Gasteiger partial charge is 0.239 e. The molecule has 1 aromatic heterocycles. The first-order valence-electron chi connectivity index (χ1n) is 8.75. The van der Waals surface area contributed by atoms with Crippen LogP contribution in [0, 0.1) is 0 Å². The van der Waals surface area contributed by atoms with Crippen molar-refractivity contribution < 1.29 is 19.1 Å². The van der Waals surface area contributed by atoms with Crippen molar-refractivity contribution in [3.05, 3.63) is 47.1 Å². The van der Waals surface area contributed by atoms with Gasteiger partial charge in [0.25, 0.3) is 0 Å². The molecule has 148 valence electrons. The van der Waals surface area contributed by atoms with E-state index in [1.54, 1.807) is 30.3 Å². The van der Waals surface area contributed by atoms with E-state index in [-0.39, 0.29) is 31.0 Å². The number of hydrogen-bond acceptors (Lipinski definition) is 6. The molecular formula is C19H21BrN4O4. The molecule has 2 amide bonds. The van der Waals surface area contributed by atoms with E-state index in [0.717, 1.165) is 4.47 Å². The highest BCUT2D eigenvalue weighted by Crippen LogP contribution is 2.30. The fourth-order valence-corrected chi connectivity index (χ4v) is 2.86. The lowest BCUT2D eigenvalue weighted by atomic mass is 10.2. The quantitative estimate of drug-likeness (QED) is 0.669. The molecule has 1 atom stereocenters. The van der Waals surface area contributed by atoms with Crippen LogP contribution in [0.3, 0.4) is 0 Å². The largest absolute Gasteiger partial charge is 0.486 e. The number of fused-ring (bicyclic) bond motifs is 1. The number of carbonyl (C=O) groups is 2. The Bertz CT molecular complexity index is 831. The highest BCUT2D eigenvalue weighted by molar-refractivity contribution is 9.10. The summed E-state index contributed by atoms with van der Waals surface area (Å²) in [4.78, 5) is 29.9. The lowest BCUT2D eigenvalue weighted by Crippen LogP contribution is -2.44. The number of benzene rings is 1. The van der Waals surface area contributed by atoms with Crippen LogP contribution in [0.25, 0.3) is 0 Å². The normalized spacial score (nSPS) is 15.2. The number of carbonyl (C=O) groups excluding carboxylic acids is 2. The topological polar surface area (TPSA) is 92.8 Å². The van der Waals surface area contributed by atoms with Gasteiger partial charge in [0.2, 0.25) is 11.8 Å². The van der Waals surface area contributed by atoms with Crippen LogP contribution in [0.5, 0.6) is 11.5 Å². The predicted molar refractivity (Wildman–Crippen MR) is 107 cm³/mol. The first-order valence-corrected chi connectivity index (χ1v) is 9.54. The molecule has 0 bridgehead atoms. The average molecular weight is 449 g/mol. The van der Waals surface area contributed by atoms with Crippen LogP contribution in [0.4, 0.5) is 5.82 Å². The Hall–Kier alpha value is -2.65. The first kappa shape index (κ1) is 20.1. The monoisotopic (exact) mass is 448 g/mol. The van der Waals surface area contributed by atoms with Gasteiger partial charge < -0.3 is 20.1 Å². The number of anilines is 1. The van der Waals surface area contributed by atoms with Crippen LogP contribution in [0.2, 0.25) is 0 Å². The van der Waals surface area contributed by atoms with Crippen LogP contribution >= 0.6 is 15.9 Å². The van der Waals surface area contributed by atoms with Crippen molar-refractivity contribution in [2.45, 2.75) is 6.10 Å². The number of halogens is 1. The SMILES string of the molecule is CN(CC(=O)NCC1COc2ccccc2O1)CC(=O)Nc1ccc(Br)cn1. The number of para-hydroxylation sites is 2. The number of likely N-dealkylation sites (N-methyl/N-ethyl adjacent to an activating group) is 1. The van der Waals surface area contributed by atoms with Crippen molar-refractivity contribution in [3.63, 3.8) is 0 Å². The van der Waals surface area contributed by atoms with Crippen LogP contribution in [0.15, 0.2) is 47.1 Å². The van der Waals surface area contributed by atoms with Crippen molar-refractivity contribution in [2.24, 2.45) is 0 Å². The third kappa shape index (κ3) is 5.93. The number of ether oxygens (including phenoxy) is 2. The zero-order valence-corrected chi connectivity index (χ0v) is 16.9. The van der Waals surface area contributed by atoms with Crippen LogP contribution in [-0.2, 0) is 9.59 Å². The van der Waals surface area contributed by atoms with Crippen LogP contribution in [-0.4, -0.2) is 61.1 Å². The zero-order valence-electron chi connectivity index (χ0n) is 15.4. The molecule has 2 N–H and O–H groups in total. The fourth-order valence-electron chi connectivity index (χ4n) is 2.63.